The number of hydrogen-bond acceptors (Lipinski definition) is 4. The van der Waals surface area contributed by atoms with E-state index in [1.165, 1.54) is 0 Å². The van der Waals surface area contributed by atoms with Crippen molar-refractivity contribution >= 4 is 11.8 Å². The largest absolute Gasteiger partial charge is 0.449 e. The van der Waals surface area contributed by atoms with Crippen molar-refractivity contribution in [1.82, 2.24) is 4.90 Å². The van der Waals surface area contributed by atoms with Crippen molar-refractivity contribution in [3.05, 3.63) is 30.3 Å². The number of rotatable bonds is 5. The van der Waals surface area contributed by atoms with Gasteiger partial charge in [0.25, 0.3) is 0 Å². The maximum absolute atomic E-state index is 12.2. The Morgan fingerprint density at radius 3 is 2.62 bits per heavy atom. The van der Waals surface area contributed by atoms with Crippen molar-refractivity contribution in [3.63, 3.8) is 0 Å². The van der Waals surface area contributed by atoms with Crippen LogP contribution in [0.2, 0.25) is 0 Å². The molecule has 2 rings (SSSR count). The molecule has 1 aromatic carbocycles. The molecule has 0 aromatic heterocycles. The zero-order valence-corrected chi connectivity index (χ0v) is 12.8. The molecule has 1 unspecified atom stereocenters. The lowest BCUT2D eigenvalue weighted by molar-refractivity contribution is 0.0215. The van der Waals surface area contributed by atoms with Crippen LogP contribution in [0.25, 0.3) is 0 Å². The maximum atomic E-state index is 12.2. The number of para-hydroxylation sites is 1. The summed E-state index contributed by atoms with van der Waals surface area (Å²) in [6, 6.07) is 9.94. The first kappa shape index (κ1) is 15.8. The molecule has 21 heavy (non-hydrogen) atoms. The molecule has 1 aliphatic heterocycles. The number of nitrogens with zero attached hydrogens (tertiary/aromatic N) is 2. The van der Waals surface area contributed by atoms with Crippen LogP contribution in [-0.2, 0) is 9.47 Å². The van der Waals surface area contributed by atoms with Crippen molar-refractivity contribution in [2.45, 2.75) is 19.9 Å². The van der Waals surface area contributed by atoms with Crippen LogP contribution in [0.1, 0.15) is 13.8 Å². The average molecular weight is 292 g/mol. The standard InChI is InChI=1S/C16H24N2O3/c1-3-21-16(19)18(15-7-5-4-6-8-15)13-14(2)17-9-11-20-12-10-17/h4-8,14H,3,9-13H2,1-2H3. The molecule has 0 radical (unpaired) electrons. The third kappa shape index (κ3) is 4.44. The smallest absolute Gasteiger partial charge is 0.414 e. The number of anilines is 1. The lowest BCUT2D eigenvalue weighted by atomic mass is 10.2. The third-order valence-corrected chi connectivity index (χ3v) is 3.67. The minimum Gasteiger partial charge on any atom is -0.449 e. The number of hydrogen-bond donors (Lipinski definition) is 0. The van der Waals surface area contributed by atoms with Gasteiger partial charge in [-0.05, 0) is 26.0 Å². The molecule has 1 aromatic rings. The Bertz CT molecular complexity index is 432. The highest BCUT2D eigenvalue weighted by molar-refractivity contribution is 5.87. The van der Waals surface area contributed by atoms with Gasteiger partial charge in [-0.1, -0.05) is 18.2 Å². The highest BCUT2D eigenvalue weighted by Crippen LogP contribution is 2.17. The van der Waals surface area contributed by atoms with Crippen molar-refractivity contribution in [3.8, 4) is 0 Å². The summed E-state index contributed by atoms with van der Waals surface area (Å²) >= 11 is 0. The second-order valence-corrected chi connectivity index (χ2v) is 5.14. The summed E-state index contributed by atoms with van der Waals surface area (Å²) in [6.07, 6.45) is -0.288. The third-order valence-electron chi connectivity index (χ3n) is 3.67. The summed E-state index contributed by atoms with van der Waals surface area (Å²) in [6.45, 7) is 8.30. The van der Waals surface area contributed by atoms with E-state index in [0.717, 1.165) is 32.0 Å². The quantitative estimate of drug-likeness (QED) is 0.835. The summed E-state index contributed by atoms with van der Waals surface area (Å²) in [5.41, 5.74) is 0.871. The van der Waals surface area contributed by atoms with Gasteiger partial charge >= 0.3 is 6.09 Å². The van der Waals surface area contributed by atoms with Crippen LogP contribution in [0, 0.1) is 0 Å². The van der Waals surface area contributed by atoms with Gasteiger partial charge in [-0.25, -0.2) is 4.79 Å². The molecular formula is C16H24N2O3. The first-order valence-electron chi connectivity index (χ1n) is 7.53. The highest BCUT2D eigenvalue weighted by atomic mass is 16.6. The monoisotopic (exact) mass is 292 g/mol. The van der Waals surface area contributed by atoms with E-state index < -0.39 is 0 Å². The van der Waals surface area contributed by atoms with Gasteiger partial charge in [0.05, 0.1) is 19.8 Å². The van der Waals surface area contributed by atoms with E-state index in [1.807, 2.05) is 37.3 Å². The van der Waals surface area contributed by atoms with Gasteiger partial charge in [-0.3, -0.25) is 9.80 Å². The Balaban J connectivity index is 2.06. The van der Waals surface area contributed by atoms with E-state index in [9.17, 15) is 4.79 Å². The predicted molar refractivity (Wildman–Crippen MR) is 82.7 cm³/mol. The summed E-state index contributed by atoms with van der Waals surface area (Å²) in [7, 11) is 0. The molecule has 1 amide bonds. The molecule has 0 saturated carbocycles. The molecule has 1 saturated heterocycles. The van der Waals surface area contributed by atoms with Crippen LogP contribution in [0.5, 0.6) is 0 Å². The number of ether oxygens (including phenoxy) is 2. The number of carbonyl (C=O) groups is 1. The highest BCUT2D eigenvalue weighted by Gasteiger charge is 2.24. The van der Waals surface area contributed by atoms with Crippen LogP contribution in [0.15, 0.2) is 30.3 Å². The summed E-state index contributed by atoms with van der Waals surface area (Å²) in [4.78, 5) is 16.3. The van der Waals surface area contributed by atoms with Crippen LogP contribution in [0.4, 0.5) is 10.5 Å². The topological polar surface area (TPSA) is 42.0 Å². The zero-order chi connectivity index (χ0) is 15.1. The predicted octanol–water partition coefficient (Wildman–Crippen LogP) is 2.37. The normalized spacial score (nSPS) is 17.2. The lowest BCUT2D eigenvalue weighted by Gasteiger charge is -2.35. The van der Waals surface area contributed by atoms with Crippen LogP contribution >= 0.6 is 0 Å². The van der Waals surface area contributed by atoms with E-state index in [4.69, 9.17) is 9.47 Å². The first-order chi connectivity index (χ1) is 10.2. The van der Waals surface area contributed by atoms with Gasteiger partial charge < -0.3 is 9.47 Å². The van der Waals surface area contributed by atoms with Gasteiger partial charge in [0, 0.05) is 31.4 Å². The molecule has 0 aliphatic carbocycles. The van der Waals surface area contributed by atoms with Crippen molar-refractivity contribution in [1.29, 1.82) is 0 Å². The number of amides is 1. The minimum absolute atomic E-state index is 0.263. The fraction of sp³-hybridized carbons (Fsp3) is 0.562. The second-order valence-electron chi connectivity index (χ2n) is 5.14. The van der Waals surface area contributed by atoms with E-state index >= 15 is 0 Å². The summed E-state index contributed by atoms with van der Waals surface area (Å²) in [5.74, 6) is 0. The van der Waals surface area contributed by atoms with Crippen LogP contribution in [0.3, 0.4) is 0 Å². The van der Waals surface area contributed by atoms with Crippen molar-refractivity contribution in [2.75, 3.05) is 44.4 Å². The molecule has 1 heterocycles. The van der Waals surface area contributed by atoms with Gasteiger partial charge in [-0.2, -0.15) is 0 Å². The molecule has 5 heteroatoms. The molecule has 0 spiro atoms. The number of carbonyl (C=O) groups excluding carboxylic acids is 1. The van der Waals surface area contributed by atoms with E-state index in [1.54, 1.807) is 4.90 Å². The molecule has 0 bridgehead atoms. The lowest BCUT2D eigenvalue weighted by Crippen LogP contribution is -2.48. The zero-order valence-electron chi connectivity index (χ0n) is 12.8. The van der Waals surface area contributed by atoms with E-state index in [-0.39, 0.29) is 12.1 Å². The summed E-state index contributed by atoms with van der Waals surface area (Å²) < 4.78 is 10.6. The molecular weight excluding hydrogens is 268 g/mol. The van der Waals surface area contributed by atoms with Gasteiger partial charge in [0.15, 0.2) is 0 Å². The Kier molecular flexibility index (Phi) is 6.02. The van der Waals surface area contributed by atoms with Crippen LogP contribution < -0.4 is 4.90 Å². The van der Waals surface area contributed by atoms with Crippen molar-refractivity contribution in [2.24, 2.45) is 0 Å². The SMILES string of the molecule is CCOC(=O)N(CC(C)N1CCOCC1)c1ccccc1. The van der Waals surface area contributed by atoms with Crippen molar-refractivity contribution < 1.29 is 14.3 Å². The minimum atomic E-state index is -0.288. The molecule has 116 valence electrons. The Morgan fingerprint density at radius 1 is 1.33 bits per heavy atom. The molecule has 1 aliphatic rings. The van der Waals surface area contributed by atoms with E-state index in [2.05, 4.69) is 11.8 Å². The molecule has 5 nitrogen and oxygen atoms in total. The Morgan fingerprint density at radius 2 is 2.00 bits per heavy atom. The number of morpholine rings is 1. The maximum Gasteiger partial charge on any atom is 0.414 e. The van der Waals surface area contributed by atoms with Gasteiger partial charge in [0.1, 0.15) is 0 Å². The molecule has 0 N–H and O–H groups in total. The van der Waals surface area contributed by atoms with Crippen LogP contribution in [-0.4, -0.2) is 56.5 Å². The Labute approximate surface area is 126 Å². The first-order valence-corrected chi connectivity index (χ1v) is 7.53. The summed E-state index contributed by atoms with van der Waals surface area (Å²) in [5, 5.41) is 0. The van der Waals surface area contributed by atoms with Gasteiger partial charge in [0.2, 0.25) is 0 Å². The van der Waals surface area contributed by atoms with Gasteiger partial charge in [-0.15, -0.1) is 0 Å². The second kappa shape index (κ2) is 8.00. The Hall–Kier alpha value is -1.59. The average Bonchev–Trinajstić information content (AvgIpc) is 2.54. The number of benzene rings is 1. The fourth-order valence-electron chi connectivity index (χ4n) is 2.49. The molecule has 1 fully saturated rings. The fourth-order valence-corrected chi connectivity index (χ4v) is 2.49. The van der Waals surface area contributed by atoms with E-state index in [0.29, 0.717) is 13.2 Å². The molecule has 1 atom stereocenters.